The molecule has 0 saturated carbocycles. The molecule has 0 fully saturated rings. The number of esters is 1. The van der Waals surface area contributed by atoms with Crippen molar-refractivity contribution in [3.8, 4) is 17.2 Å². The summed E-state index contributed by atoms with van der Waals surface area (Å²) in [6.45, 7) is 13.2. The summed E-state index contributed by atoms with van der Waals surface area (Å²) in [5, 5.41) is 49.4. The molecule has 13 nitrogen and oxygen atoms in total. The number of aliphatic hydroxyl groups is 2. The van der Waals surface area contributed by atoms with Crippen molar-refractivity contribution >= 4 is 39.8 Å². The van der Waals surface area contributed by atoms with Gasteiger partial charge in [-0.3, -0.25) is 14.4 Å². The van der Waals surface area contributed by atoms with Gasteiger partial charge in [0.05, 0.1) is 41.2 Å². The second kappa shape index (κ2) is 17.6. The van der Waals surface area contributed by atoms with Gasteiger partial charge in [-0.25, -0.2) is 0 Å². The van der Waals surface area contributed by atoms with Gasteiger partial charge in [0.1, 0.15) is 23.3 Å². The molecule has 0 spiro atoms. The first-order valence-electron chi connectivity index (χ1n) is 19.4. The van der Waals surface area contributed by atoms with Crippen LogP contribution in [0.3, 0.4) is 0 Å². The average molecular weight is 801 g/mol. The fraction of sp³-hybridized carbons (Fsp3) is 0.444. The topological polar surface area (TPSA) is 184 Å². The third-order valence-electron chi connectivity index (χ3n) is 11.5. The number of nitrogens with one attached hydrogen (secondary N) is 1. The number of allylic oxidation sites excluding steroid dienone is 2. The Kier molecular flexibility index (Phi) is 13.3. The zero-order valence-electron chi connectivity index (χ0n) is 34.8. The lowest BCUT2D eigenvalue weighted by atomic mass is 9.78. The van der Waals surface area contributed by atoms with Crippen LogP contribution in [0.4, 0.5) is 11.4 Å². The number of phenols is 2. The lowest BCUT2D eigenvalue weighted by molar-refractivity contribution is -0.160. The molecule has 0 aliphatic carbocycles. The van der Waals surface area contributed by atoms with Crippen molar-refractivity contribution in [3.05, 3.63) is 89.2 Å². The minimum absolute atomic E-state index is 0.0117. The number of aliphatic hydroxyl groups excluding tert-OH is 2. The number of amides is 1. The van der Waals surface area contributed by atoms with Gasteiger partial charge in [0, 0.05) is 74.7 Å². The zero-order chi connectivity index (χ0) is 42.8. The number of ether oxygens (including phenoxy) is 4. The Morgan fingerprint density at radius 1 is 0.966 bits per heavy atom. The number of methoxy groups -OCH3 is 1. The van der Waals surface area contributed by atoms with Crippen molar-refractivity contribution in [1.82, 2.24) is 0 Å². The van der Waals surface area contributed by atoms with Gasteiger partial charge in [-0.15, -0.1) is 0 Å². The summed E-state index contributed by atoms with van der Waals surface area (Å²) in [6.07, 6.45) is 3.96. The van der Waals surface area contributed by atoms with Gasteiger partial charge in [-0.2, -0.15) is 0 Å². The maximum Gasteiger partial charge on any atom is 0.312 e. The van der Waals surface area contributed by atoms with Gasteiger partial charge in [-0.1, -0.05) is 76.3 Å². The van der Waals surface area contributed by atoms with E-state index in [0.717, 1.165) is 5.56 Å². The molecular formula is C45H56N2O11. The van der Waals surface area contributed by atoms with Crippen molar-refractivity contribution in [1.29, 1.82) is 0 Å². The highest BCUT2D eigenvalue weighted by Crippen LogP contribution is 2.53. The second-order valence-electron chi connectivity index (χ2n) is 15.8. The van der Waals surface area contributed by atoms with Gasteiger partial charge in [-0.05, 0) is 31.6 Å². The van der Waals surface area contributed by atoms with Gasteiger partial charge in [0.25, 0.3) is 11.7 Å². The molecule has 312 valence electrons. The van der Waals surface area contributed by atoms with E-state index < -0.39 is 77.3 Å². The summed E-state index contributed by atoms with van der Waals surface area (Å²) in [5.41, 5.74) is 1.79. The molecule has 3 aromatic rings. The summed E-state index contributed by atoms with van der Waals surface area (Å²) in [5.74, 6) is -6.73. The quantitative estimate of drug-likeness (QED) is 0.136. The molecule has 3 aliphatic rings. The van der Waals surface area contributed by atoms with Crippen molar-refractivity contribution in [2.75, 3.05) is 24.4 Å². The maximum absolute atomic E-state index is 14.4. The van der Waals surface area contributed by atoms with E-state index in [9.17, 15) is 34.8 Å². The molecule has 58 heavy (non-hydrogen) atoms. The molecule has 0 saturated heterocycles. The molecule has 5 N–H and O–H groups in total. The van der Waals surface area contributed by atoms with E-state index in [2.05, 4.69) is 5.32 Å². The van der Waals surface area contributed by atoms with E-state index in [1.165, 1.54) is 27.2 Å². The molecule has 1 amide bonds. The summed E-state index contributed by atoms with van der Waals surface area (Å²) in [7, 11) is 3.24. The number of benzene rings is 3. The van der Waals surface area contributed by atoms with Crippen LogP contribution in [0.15, 0.2) is 72.5 Å². The Morgan fingerprint density at radius 3 is 2.28 bits per heavy atom. The van der Waals surface area contributed by atoms with E-state index in [0.29, 0.717) is 12.2 Å². The van der Waals surface area contributed by atoms with Crippen molar-refractivity contribution in [2.45, 2.75) is 92.1 Å². The predicted molar refractivity (Wildman–Crippen MR) is 221 cm³/mol. The Hall–Kier alpha value is -5.37. The molecule has 3 heterocycles. The fourth-order valence-electron chi connectivity index (χ4n) is 7.88. The molecule has 9 unspecified atom stereocenters. The molecule has 6 rings (SSSR count). The van der Waals surface area contributed by atoms with E-state index in [1.807, 2.05) is 35.2 Å². The second-order valence-corrected chi connectivity index (χ2v) is 15.8. The Labute approximate surface area is 339 Å². The van der Waals surface area contributed by atoms with Crippen LogP contribution in [0, 0.1) is 30.6 Å². The van der Waals surface area contributed by atoms with E-state index in [1.54, 1.807) is 79.0 Å². The summed E-state index contributed by atoms with van der Waals surface area (Å²) in [6, 6.07) is 11.2. The van der Waals surface area contributed by atoms with Gasteiger partial charge >= 0.3 is 11.8 Å². The SMILES string of the molecule is COC1/C=C/OC2(C)Oc3c(C)c(O)c4c(O)c(c(N(C)Cc5ccccc5)cc4c3C2=O)NC(=O)/C(C)=C\C=C\C(C)C(O)C(C)C(O)C(C)C(OC(C)=O)C1C. The number of hydrogen-bond acceptors (Lipinski definition) is 12. The van der Waals surface area contributed by atoms with Crippen molar-refractivity contribution in [3.63, 3.8) is 0 Å². The number of fused-ring (bicyclic) bond motifs is 14. The highest BCUT2D eigenvalue weighted by molar-refractivity contribution is 6.21. The van der Waals surface area contributed by atoms with Crippen LogP contribution in [0.1, 0.15) is 70.0 Å². The van der Waals surface area contributed by atoms with Crippen LogP contribution >= 0.6 is 0 Å². The van der Waals surface area contributed by atoms with Crippen molar-refractivity contribution < 1.29 is 53.8 Å². The van der Waals surface area contributed by atoms with Crippen LogP contribution in [0.5, 0.6) is 17.2 Å². The normalized spacial score (nSPS) is 30.2. The van der Waals surface area contributed by atoms with Crippen LogP contribution in [-0.2, 0) is 30.3 Å². The Balaban J connectivity index is 1.69. The number of aromatic hydroxyl groups is 2. The first-order valence-corrected chi connectivity index (χ1v) is 19.4. The molecule has 0 aromatic heterocycles. The van der Waals surface area contributed by atoms with Crippen molar-refractivity contribution in [2.24, 2.45) is 23.7 Å². The molecule has 9 atom stereocenters. The lowest BCUT2D eigenvalue weighted by Crippen LogP contribution is -2.46. The Morgan fingerprint density at radius 2 is 1.64 bits per heavy atom. The standard InChI is InChI=1S/C45H56N2O11/c1-23-15-14-16-24(2)44(54)46-36-32(47(9)22-30-17-12-11-13-18-30)21-31-34(40(36)52)39(51)28(6)42-35(31)43(53)45(8,58-42)56-20-19-33(55-10)25(3)41(57-29(7)48)27(5)38(50)26(4)37(23)49/h11-21,23,25-27,33,37-38,41,49-52H,22H2,1-10H3,(H,46,54)/b15-14+,20-19+,24-16-. The number of anilines is 2. The van der Waals surface area contributed by atoms with Crippen LogP contribution in [0.2, 0.25) is 0 Å². The van der Waals surface area contributed by atoms with Gasteiger partial charge < -0.3 is 49.6 Å². The minimum atomic E-state index is -1.92. The Bertz CT molecular complexity index is 2130. The highest BCUT2D eigenvalue weighted by Gasteiger charge is 2.49. The first kappa shape index (κ1) is 43.7. The number of rotatable bonds is 5. The van der Waals surface area contributed by atoms with Gasteiger partial charge in [0.2, 0.25) is 0 Å². The first-order chi connectivity index (χ1) is 27.3. The van der Waals surface area contributed by atoms with Gasteiger partial charge in [0.15, 0.2) is 5.75 Å². The highest BCUT2D eigenvalue weighted by atomic mass is 16.7. The molecule has 5 bridgehead atoms. The van der Waals surface area contributed by atoms with Crippen LogP contribution in [0.25, 0.3) is 10.8 Å². The van der Waals surface area contributed by atoms with E-state index in [-0.39, 0.29) is 44.7 Å². The molecule has 3 aliphatic heterocycles. The number of ketones is 1. The predicted octanol–water partition coefficient (Wildman–Crippen LogP) is 6.68. The summed E-state index contributed by atoms with van der Waals surface area (Å²) >= 11 is 0. The smallest absolute Gasteiger partial charge is 0.312 e. The minimum Gasteiger partial charge on any atom is -0.507 e. The number of nitrogens with zero attached hydrogens (tertiary/aromatic N) is 1. The average Bonchev–Trinajstić information content (AvgIpc) is 3.46. The lowest BCUT2D eigenvalue weighted by Gasteiger charge is -2.38. The third kappa shape index (κ3) is 8.57. The number of Topliss-reactive ketones (excluding diaryl/α,β-unsaturated/α-hetero) is 1. The van der Waals surface area contributed by atoms with Crippen LogP contribution < -0.4 is 15.0 Å². The monoisotopic (exact) mass is 800 g/mol. The number of carbonyl (C=O) groups is 3. The number of phenolic OH excluding ortho intramolecular Hbond substituents is 2. The molecular weight excluding hydrogens is 744 g/mol. The summed E-state index contributed by atoms with van der Waals surface area (Å²) < 4.78 is 23.8. The number of carbonyl (C=O) groups excluding carboxylic acids is 3. The molecule has 0 radical (unpaired) electrons. The van der Waals surface area contributed by atoms with E-state index >= 15 is 0 Å². The number of hydrogen-bond donors (Lipinski definition) is 5. The maximum atomic E-state index is 14.4. The third-order valence-corrected chi connectivity index (χ3v) is 11.5. The largest absolute Gasteiger partial charge is 0.507 e. The zero-order valence-corrected chi connectivity index (χ0v) is 34.8. The van der Waals surface area contributed by atoms with E-state index in [4.69, 9.17) is 18.9 Å². The van der Waals surface area contributed by atoms with Crippen LogP contribution in [-0.4, -0.2) is 82.4 Å². The molecule has 3 aromatic carbocycles. The molecule has 13 heteroatoms. The fourth-order valence-corrected chi connectivity index (χ4v) is 7.88. The summed E-state index contributed by atoms with van der Waals surface area (Å²) in [4.78, 5) is 42.4.